The molecule has 1 aliphatic carbocycles. The summed E-state index contributed by atoms with van der Waals surface area (Å²) in [6, 6.07) is 8.84. The van der Waals surface area contributed by atoms with Crippen molar-refractivity contribution < 1.29 is 4.79 Å². The van der Waals surface area contributed by atoms with Crippen LogP contribution in [-0.4, -0.2) is 18.5 Å². The van der Waals surface area contributed by atoms with E-state index < -0.39 is 0 Å². The lowest BCUT2D eigenvalue weighted by atomic mass is 9.84. The minimum absolute atomic E-state index is 0. The summed E-state index contributed by atoms with van der Waals surface area (Å²) in [4.78, 5) is 12.4. The molecular weight excluding hydrogens is 308 g/mol. The predicted octanol–water partition coefficient (Wildman–Crippen LogP) is 3.93. The molecule has 23 heavy (non-hydrogen) atoms. The molecule has 1 aromatic rings. The highest BCUT2D eigenvalue weighted by Gasteiger charge is 2.26. The number of halogens is 1. The van der Waals surface area contributed by atoms with Gasteiger partial charge < -0.3 is 11.1 Å². The van der Waals surface area contributed by atoms with Crippen molar-refractivity contribution in [1.82, 2.24) is 5.32 Å². The highest BCUT2D eigenvalue weighted by atomic mass is 35.5. The maximum Gasteiger partial charge on any atom is 0.220 e. The maximum absolute atomic E-state index is 12.4. The Kier molecular flexibility index (Phi) is 8.64. The van der Waals surface area contributed by atoms with Crippen LogP contribution >= 0.6 is 12.4 Å². The Morgan fingerprint density at radius 3 is 2.52 bits per heavy atom. The molecule has 4 heteroatoms. The number of hydrogen-bond donors (Lipinski definition) is 2. The standard InChI is InChI=1S/C19H30N2O.ClH/c1-3-15(16-10-8-14(2)9-11-16)12-19(22)21-18-7-5-4-6-17(18)13-20;/h8-11,15,17-18H,3-7,12-13,20H2,1-2H3,(H,21,22);1H. The van der Waals surface area contributed by atoms with E-state index in [-0.39, 0.29) is 24.4 Å². The molecule has 1 saturated carbocycles. The largest absolute Gasteiger partial charge is 0.353 e. The summed E-state index contributed by atoms with van der Waals surface area (Å²) in [5.74, 6) is 0.940. The number of hydrogen-bond acceptors (Lipinski definition) is 2. The van der Waals surface area contributed by atoms with E-state index in [9.17, 15) is 4.79 Å². The third-order valence-electron chi connectivity index (χ3n) is 5.03. The minimum atomic E-state index is 0. The molecule has 0 radical (unpaired) electrons. The smallest absolute Gasteiger partial charge is 0.220 e. The van der Waals surface area contributed by atoms with Crippen LogP contribution < -0.4 is 11.1 Å². The Labute approximate surface area is 146 Å². The molecule has 1 aromatic carbocycles. The molecule has 3 atom stereocenters. The first-order valence-corrected chi connectivity index (χ1v) is 8.70. The quantitative estimate of drug-likeness (QED) is 0.825. The van der Waals surface area contributed by atoms with Crippen molar-refractivity contribution in [3.63, 3.8) is 0 Å². The van der Waals surface area contributed by atoms with E-state index in [1.165, 1.54) is 24.0 Å². The number of carbonyl (C=O) groups excluding carboxylic acids is 1. The van der Waals surface area contributed by atoms with Crippen LogP contribution in [0.5, 0.6) is 0 Å². The zero-order chi connectivity index (χ0) is 15.9. The molecule has 3 N–H and O–H groups in total. The van der Waals surface area contributed by atoms with Gasteiger partial charge in [-0.3, -0.25) is 4.79 Å². The van der Waals surface area contributed by atoms with E-state index in [0.29, 0.717) is 24.8 Å². The Bertz CT molecular complexity index is 475. The fourth-order valence-corrected chi connectivity index (χ4v) is 3.51. The van der Waals surface area contributed by atoms with Gasteiger partial charge in [0.05, 0.1) is 0 Å². The molecule has 0 aromatic heterocycles. The summed E-state index contributed by atoms with van der Waals surface area (Å²) in [6.07, 6.45) is 6.24. The summed E-state index contributed by atoms with van der Waals surface area (Å²) in [6.45, 7) is 4.93. The van der Waals surface area contributed by atoms with Crippen LogP contribution in [0.15, 0.2) is 24.3 Å². The number of aryl methyl sites for hydroxylation is 1. The Morgan fingerprint density at radius 1 is 1.26 bits per heavy atom. The number of nitrogens with two attached hydrogens (primary N) is 1. The van der Waals surface area contributed by atoms with Crippen molar-refractivity contribution in [1.29, 1.82) is 0 Å². The van der Waals surface area contributed by atoms with Crippen LogP contribution in [0.25, 0.3) is 0 Å². The summed E-state index contributed by atoms with van der Waals surface area (Å²) < 4.78 is 0. The molecule has 1 amide bonds. The average Bonchev–Trinajstić information content (AvgIpc) is 2.54. The lowest BCUT2D eigenvalue weighted by Gasteiger charge is -2.31. The predicted molar refractivity (Wildman–Crippen MR) is 99.0 cm³/mol. The zero-order valence-corrected chi connectivity index (χ0v) is 15.2. The second kappa shape index (κ2) is 9.94. The summed E-state index contributed by atoms with van der Waals surface area (Å²) in [5.41, 5.74) is 8.38. The molecule has 0 spiro atoms. The number of rotatable bonds is 6. The number of nitrogens with one attached hydrogen (secondary N) is 1. The SMILES string of the molecule is CCC(CC(=O)NC1CCCCC1CN)c1ccc(C)cc1.Cl. The number of amides is 1. The van der Waals surface area contributed by atoms with Gasteiger partial charge >= 0.3 is 0 Å². The van der Waals surface area contributed by atoms with Crippen LogP contribution in [0.2, 0.25) is 0 Å². The van der Waals surface area contributed by atoms with Gasteiger partial charge in [0.25, 0.3) is 0 Å². The molecule has 3 unspecified atom stereocenters. The lowest BCUT2D eigenvalue weighted by Crippen LogP contribution is -2.45. The molecule has 0 heterocycles. The Morgan fingerprint density at radius 2 is 1.91 bits per heavy atom. The molecule has 3 nitrogen and oxygen atoms in total. The molecule has 130 valence electrons. The average molecular weight is 339 g/mol. The monoisotopic (exact) mass is 338 g/mol. The minimum Gasteiger partial charge on any atom is -0.353 e. The number of carbonyl (C=O) groups is 1. The molecule has 0 bridgehead atoms. The summed E-state index contributed by atoms with van der Waals surface area (Å²) >= 11 is 0. The molecule has 1 fully saturated rings. The number of benzene rings is 1. The highest BCUT2D eigenvalue weighted by Crippen LogP contribution is 2.26. The van der Waals surface area contributed by atoms with E-state index in [2.05, 4.69) is 43.4 Å². The third kappa shape index (κ3) is 5.82. The highest BCUT2D eigenvalue weighted by molar-refractivity contribution is 5.85. The van der Waals surface area contributed by atoms with Gasteiger partial charge in [0, 0.05) is 12.5 Å². The Balaban J connectivity index is 0.00000264. The summed E-state index contributed by atoms with van der Waals surface area (Å²) in [7, 11) is 0. The van der Waals surface area contributed by atoms with E-state index in [1.807, 2.05) is 0 Å². The van der Waals surface area contributed by atoms with Crippen molar-refractivity contribution in [2.24, 2.45) is 11.7 Å². The van der Waals surface area contributed by atoms with E-state index in [0.717, 1.165) is 19.3 Å². The second-order valence-corrected chi connectivity index (χ2v) is 6.67. The van der Waals surface area contributed by atoms with Crippen molar-refractivity contribution in [3.8, 4) is 0 Å². The van der Waals surface area contributed by atoms with E-state index in [1.54, 1.807) is 0 Å². The third-order valence-corrected chi connectivity index (χ3v) is 5.03. The fraction of sp³-hybridized carbons (Fsp3) is 0.632. The maximum atomic E-state index is 12.4. The normalized spacial score (nSPS) is 22.0. The van der Waals surface area contributed by atoms with Crippen LogP contribution in [0.4, 0.5) is 0 Å². The van der Waals surface area contributed by atoms with Gasteiger partial charge in [-0.25, -0.2) is 0 Å². The van der Waals surface area contributed by atoms with Crippen molar-refractivity contribution in [2.45, 2.75) is 64.3 Å². The van der Waals surface area contributed by atoms with Crippen LogP contribution in [0.1, 0.15) is 62.5 Å². The van der Waals surface area contributed by atoms with Crippen molar-refractivity contribution in [3.05, 3.63) is 35.4 Å². The van der Waals surface area contributed by atoms with Gasteiger partial charge in [0.1, 0.15) is 0 Å². The van der Waals surface area contributed by atoms with Gasteiger partial charge in [0.15, 0.2) is 0 Å². The fourth-order valence-electron chi connectivity index (χ4n) is 3.51. The zero-order valence-electron chi connectivity index (χ0n) is 14.4. The first-order valence-electron chi connectivity index (χ1n) is 8.70. The van der Waals surface area contributed by atoms with Gasteiger partial charge in [-0.05, 0) is 50.1 Å². The molecule has 1 aliphatic rings. The van der Waals surface area contributed by atoms with Gasteiger partial charge in [-0.1, -0.05) is 49.6 Å². The second-order valence-electron chi connectivity index (χ2n) is 6.67. The van der Waals surface area contributed by atoms with Gasteiger partial charge in [-0.2, -0.15) is 0 Å². The molecule has 2 rings (SSSR count). The van der Waals surface area contributed by atoms with Gasteiger partial charge in [0.2, 0.25) is 5.91 Å². The Hall–Kier alpha value is -1.06. The lowest BCUT2D eigenvalue weighted by molar-refractivity contribution is -0.122. The van der Waals surface area contributed by atoms with E-state index >= 15 is 0 Å². The van der Waals surface area contributed by atoms with Crippen molar-refractivity contribution in [2.75, 3.05) is 6.54 Å². The van der Waals surface area contributed by atoms with Crippen LogP contribution in [0, 0.1) is 12.8 Å². The van der Waals surface area contributed by atoms with Crippen molar-refractivity contribution >= 4 is 18.3 Å². The van der Waals surface area contributed by atoms with Crippen LogP contribution in [0.3, 0.4) is 0 Å². The van der Waals surface area contributed by atoms with Crippen LogP contribution in [-0.2, 0) is 4.79 Å². The first kappa shape index (κ1) is 20.0. The van der Waals surface area contributed by atoms with E-state index in [4.69, 9.17) is 5.73 Å². The molecular formula is C19H31ClN2O. The van der Waals surface area contributed by atoms with Gasteiger partial charge in [-0.15, -0.1) is 12.4 Å². The molecule has 0 aliphatic heterocycles. The topological polar surface area (TPSA) is 55.1 Å². The molecule has 0 saturated heterocycles. The first-order chi connectivity index (χ1) is 10.6. The summed E-state index contributed by atoms with van der Waals surface area (Å²) in [5, 5.41) is 3.25.